The SMILES string of the molecule is Cc1ccccc1CCNC(=O)c1cc(N)c(C)s1. The topological polar surface area (TPSA) is 55.1 Å². The Morgan fingerprint density at radius 1 is 1.32 bits per heavy atom. The van der Waals surface area contributed by atoms with Gasteiger partial charge in [-0.1, -0.05) is 24.3 Å². The quantitative estimate of drug-likeness (QED) is 0.900. The number of nitrogen functional groups attached to an aromatic ring is 1. The van der Waals surface area contributed by atoms with Gasteiger partial charge in [0, 0.05) is 17.1 Å². The van der Waals surface area contributed by atoms with Gasteiger partial charge < -0.3 is 11.1 Å². The molecule has 0 bridgehead atoms. The van der Waals surface area contributed by atoms with Crippen LogP contribution in [0.5, 0.6) is 0 Å². The van der Waals surface area contributed by atoms with Crippen LogP contribution in [-0.2, 0) is 6.42 Å². The van der Waals surface area contributed by atoms with Crippen LogP contribution >= 0.6 is 11.3 Å². The first kappa shape index (κ1) is 13.6. The van der Waals surface area contributed by atoms with Crippen molar-refractivity contribution < 1.29 is 4.79 Å². The van der Waals surface area contributed by atoms with Crippen LogP contribution in [-0.4, -0.2) is 12.5 Å². The van der Waals surface area contributed by atoms with Gasteiger partial charge in [0.2, 0.25) is 0 Å². The van der Waals surface area contributed by atoms with Crippen LogP contribution in [0.3, 0.4) is 0 Å². The fourth-order valence-electron chi connectivity index (χ4n) is 1.90. The molecule has 0 unspecified atom stereocenters. The molecule has 0 aliphatic rings. The molecule has 4 heteroatoms. The van der Waals surface area contributed by atoms with Crippen molar-refractivity contribution in [1.82, 2.24) is 5.32 Å². The van der Waals surface area contributed by atoms with Gasteiger partial charge >= 0.3 is 0 Å². The number of benzene rings is 1. The van der Waals surface area contributed by atoms with Gasteiger partial charge in [-0.2, -0.15) is 0 Å². The molecule has 0 radical (unpaired) electrons. The predicted molar refractivity (Wildman–Crippen MR) is 80.7 cm³/mol. The third-order valence-corrected chi connectivity index (χ3v) is 4.19. The summed E-state index contributed by atoms with van der Waals surface area (Å²) < 4.78 is 0. The summed E-state index contributed by atoms with van der Waals surface area (Å²) in [6.07, 6.45) is 0.845. The minimum atomic E-state index is -0.0432. The smallest absolute Gasteiger partial charge is 0.261 e. The summed E-state index contributed by atoms with van der Waals surface area (Å²) in [6, 6.07) is 9.96. The largest absolute Gasteiger partial charge is 0.398 e. The van der Waals surface area contributed by atoms with Crippen LogP contribution in [0.2, 0.25) is 0 Å². The summed E-state index contributed by atoms with van der Waals surface area (Å²) in [7, 11) is 0. The molecule has 19 heavy (non-hydrogen) atoms. The first-order valence-electron chi connectivity index (χ1n) is 6.26. The van der Waals surface area contributed by atoms with Crippen LogP contribution in [0.15, 0.2) is 30.3 Å². The standard InChI is InChI=1S/C15H18N2OS/c1-10-5-3-4-6-12(10)7-8-17-15(18)14-9-13(16)11(2)19-14/h3-6,9H,7-8,16H2,1-2H3,(H,17,18). The third-order valence-electron chi connectivity index (χ3n) is 3.12. The molecule has 3 nitrogen and oxygen atoms in total. The number of carbonyl (C=O) groups excluding carboxylic acids is 1. The van der Waals surface area contributed by atoms with Gasteiger partial charge in [0.25, 0.3) is 5.91 Å². The third kappa shape index (κ3) is 3.35. The van der Waals surface area contributed by atoms with Crippen LogP contribution in [0.4, 0.5) is 5.69 Å². The fourth-order valence-corrected chi connectivity index (χ4v) is 2.75. The summed E-state index contributed by atoms with van der Waals surface area (Å²) in [6.45, 7) is 4.64. The van der Waals surface area contributed by atoms with Gasteiger partial charge in [-0.3, -0.25) is 4.79 Å². The number of thiophene rings is 1. The molecular weight excluding hydrogens is 256 g/mol. The molecule has 1 aromatic heterocycles. The van der Waals surface area contributed by atoms with Gasteiger partial charge in [-0.25, -0.2) is 0 Å². The molecule has 100 valence electrons. The minimum Gasteiger partial charge on any atom is -0.398 e. The van der Waals surface area contributed by atoms with Gasteiger partial charge in [0.15, 0.2) is 0 Å². The number of aryl methyl sites for hydroxylation is 2. The molecule has 0 atom stereocenters. The lowest BCUT2D eigenvalue weighted by molar-refractivity contribution is 0.0958. The molecule has 3 N–H and O–H groups in total. The second-order valence-corrected chi connectivity index (χ2v) is 5.81. The van der Waals surface area contributed by atoms with E-state index in [1.165, 1.54) is 22.5 Å². The number of anilines is 1. The molecule has 1 heterocycles. The molecule has 1 amide bonds. The van der Waals surface area contributed by atoms with Crippen LogP contribution in [0.25, 0.3) is 0 Å². The average Bonchev–Trinajstić information content (AvgIpc) is 2.72. The maximum absolute atomic E-state index is 11.9. The molecule has 0 saturated carbocycles. The van der Waals surface area contributed by atoms with Crippen molar-refractivity contribution in [2.24, 2.45) is 0 Å². The molecule has 0 aliphatic heterocycles. The molecule has 0 fully saturated rings. The summed E-state index contributed by atoms with van der Waals surface area (Å²) in [4.78, 5) is 13.6. The Kier molecular flexibility index (Phi) is 4.22. The number of carbonyl (C=O) groups is 1. The second kappa shape index (κ2) is 5.89. The van der Waals surface area contributed by atoms with Crippen LogP contribution < -0.4 is 11.1 Å². The molecule has 2 rings (SSSR count). The zero-order valence-electron chi connectivity index (χ0n) is 11.2. The van der Waals surface area contributed by atoms with E-state index >= 15 is 0 Å². The lowest BCUT2D eigenvalue weighted by atomic mass is 10.1. The highest BCUT2D eigenvalue weighted by Gasteiger charge is 2.10. The fraction of sp³-hybridized carbons (Fsp3) is 0.267. The Labute approximate surface area is 117 Å². The highest BCUT2D eigenvalue weighted by molar-refractivity contribution is 7.14. The van der Waals surface area contributed by atoms with E-state index in [4.69, 9.17) is 5.73 Å². The lowest BCUT2D eigenvalue weighted by Crippen LogP contribution is -2.25. The first-order chi connectivity index (χ1) is 9.08. The minimum absolute atomic E-state index is 0.0432. The van der Waals surface area contributed by atoms with Crippen molar-refractivity contribution in [3.63, 3.8) is 0 Å². The predicted octanol–water partition coefficient (Wildman–Crippen LogP) is 2.92. The Morgan fingerprint density at radius 2 is 2.05 bits per heavy atom. The normalized spacial score (nSPS) is 10.4. The van der Waals surface area contributed by atoms with Crippen LogP contribution in [0.1, 0.15) is 25.7 Å². The monoisotopic (exact) mass is 274 g/mol. The van der Waals surface area contributed by atoms with Crippen molar-refractivity contribution in [2.75, 3.05) is 12.3 Å². The van der Waals surface area contributed by atoms with E-state index < -0.39 is 0 Å². The van der Waals surface area contributed by atoms with E-state index in [2.05, 4.69) is 24.4 Å². The number of nitrogens with one attached hydrogen (secondary N) is 1. The van der Waals surface area contributed by atoms with Crippen LogP contribution in [0, 0.1) is 13.8 Å². The molecule has 0 spiro atoms. The highest BCUT2D eigenvalue weighted by atomic mass is 32.1. The van der Waals surface area contributed by atoms with Crippen molar-refractivity contribution in [2.45, 2.75) is 20.3 Å². The average molecular weight is 274 g/mol. The van der Waals surface area contributed by atoms with E-state index in [0.717, 1.165) is 11.3 Å². The molecule has 1 aromatic carbocycles. The van der Waals surface area contributed by atoms with E-state index in [0.29, 0.717) is 17.1 Å². The first-order valence-corrected chi connectivity index (χ1v) is 7.08. The summed E-state index contributed by atoms with van der Waals surface area (Å²) >= 11 is 1.43. The molecule has 0 saturated heterocycles. The number of rotatable bonds is 4. The zero-order chi connectivity index (χ0) is 13.8. The molecular formula is C15H18N2OS. The van der Waals surface area contributed by atoms with Crippen molar-refractivity contribution in [3.05, 3.63) is 51.2 Å². The van der Waals surface area contributed by atoms with Gasteiger partial charge in [-0.05, 0) is 37.5 Å². The molecule has 0 aliphatic carbocycles. The Bertz CT molecular complexity index is 570. The Hall–Kier alpha value is -1.81. The number of nitrogens with two attached hydrogens (primary N) is 1. The lowest BCUT2D eigenvalue weighted by Gasteiger charge is -2.06. The van der Waals surface area contributed by atoms with Crippen molar-refractivity contribution >= 4 is 22.9 Å². The maximum atomic E-state index is 11.9. The van der Waals surface area contributed by atoms with Gasteiger partial charge in [0.05, 0.1) is 4.88 Å². The van der Waals surface area contributed by atoms with E-state index in [1.807, 2.05) is 19.1 Å². The van der Waals surface area contributed by atoms with E-state index in [-0.39, 0.29) is 5.91 Å². The number of amides is 1. The Morgan fingerprint density at radius 3 is 2.68 bits per heavy atom. The zero-order valence-corrected chi connectivity index (χ0v) is 12.0. The Balaban J connectivity index is 1.89. The van der Waals surface area contributed by atoms with E-state index in [9.17, 15) is 4.79 Å². The van der Waals surface area contributed by atoms with Gasteiger partial charge in [-0.15, -0.1) is 11.3 Å². The summed E-state index contributed by atoms with van der Waals surface area (Å²) in [5.74, 6) is -0.0432. The second-order valence-electron chi connectivity index (χ2n) is 4.55. The van der Waals surface area contributed by atoms with Crippen molar-refractivity contribution in [3.8, 4) is 0 Å². The summed E-state index contributed by atoms with van der Waals surface area (Å²) in [5, 5.41) is 2.93. The number of hydrogen-bond acceptors (Lipinski definition) is 3. The van der Waals surface area contributed by atoms with Crippen molar-refractivity contribution in [1.29, 1.82) is 0 Å². The highest BCUT2D eigenvalue weighted by Crippen LogP contribution is 2.23. The van der Waals surface area contributed by atoms with Gasteiger partial charge in [0.1, 0.15) is 0 Å². The maximum Gasteiger partial charge on any atom is 0.261 e. The summed E-state index contributed by atoms with van der Waals surface area (Å²) in [5.41, 5.74) is 8.96. The molecule has 2 aromatic rings. The van der Waals surface area contributed by atoms with E-state index in [1.54, 1.807) is 6.07 Å². The number of hydrogen-bond donors (Lipinski definition) is 2.